The van der Waals surface area contributed by atoms with Crippen molar-refractivity contribution in [1.29, 1.82) is 0 Å². The molecule has 0 aliphatic heterocycles. The fourth-order valence-electron chi connectivity index (χ4n) is 1.71. The van der Waals surface area contributed by atoms with E-state index in [9.17, 15) is 0 Å². The van der Waals surface area contributed by atoms with E-state index in [4.69, 9.17) is 0 Å². The zero-order valence-corrected chi connectivity index (χ0v) is 13.1. The van der Waals surface area contributed by atoms with E-state index < -0.39 is 0 Å². The van der Waals surface area contributed by atoms with Gasteiger partial charge in [-0.05, 0) is 47.2 Å². The molecular weight excluding hydrogens is 224 g/mol. The maximum atomic E-state index is 4.62. The van der Waals surface area contributed by atoms with Gasteiger partial charge in [0.1, 0.15) is 0 Å². The van der Waals surface area contributed by atoms with Crippen molar-refractivity contribution in [3.05, 3.63) is 0 Å². The van der Waals surface area contributed by atoms with Crippen molar-refractivity contribution in [2.75, 3.05) is 32.7 Å². The summed E-state index contributed by atoms with van der Waals surface area (Å²) in [5, 5.41) is 6.68. The third-order valence-corrected chi connectivity index (χ3v) is 2.51. The van der Waals surface area contributed by atoms with Gasteiger partial charge in [-0.1, -0.05) is 13.8 Å². The Kier molecular flexibility index (Phi) is 8.81. The standard InChI is InChI=1S/C14H32N4/c1-7-11-18(9-3)12-10-16-13(15-8-2)17-14(4,5)6/h7-12H2,1-6H3,(H2,15,16,17). The highest BCUT2D eigenvalue weighted by Crippen LogP contribution is 1.98. The zero-order chi connectivity index (χ0) is 14.0. The quantitative estimate of drug-likeness (QED) is 0.541. The van der Waals surface area contributed by atoms with Gasteiger partial charge in [0, 0.05) is 18.6 Å². The number of likely N-dealkylation sites (N-methyl/N-ethyl adjacent to an activating group) is 1. The molecule has 0 saturated carbocycles. The van der Waals surface area contributed by atoms with Crippen LogP contribution < -0.4 is 10.6 Å². The Hall–Kier alpha value is -0.770. The Balaban J connectivity index is 4.22. The van der Waals surface area contributed by atoms with Gasteiger partial charge in [-0.3, -0.25) is 4.99 Å². The number of aliphatic imine (C=N–C) groups is 1. The van der Waals surface area contributed by atoms with Crippen LogP contribution in [-0.2, 0) is 0 Å². The monoisotopic (exact) mass is 256 g/mol. The van der Waals surface area contributed by atoms with Gasteiger partial charge < -0.3 is 15.5 Å². The predicted octanol–water partition coefficient (Wildman–Crippen LogP) is 2.07. The molecule has 18 heavy (non-hydrogen) atoms. The first-order valence-electron chi connectivity index (χ1n) is 7.21. The molecule has 0 unspecified atom stereocenters. The van der Waals surface area contributed by atoms with E-state index in [0.717, 1.165) is 38.7 Å². The molecule has 0 aromatic carbocycles. The van der Waals surface area contributed by atoms with Crippen molar-refractivity contribution in [3.63, 3.8) is 0 Å². The topological polar surface area (TPSA) is 39.7 Å². The highest BCUT2D eigenvalue weighted by atomic mass is 15.2. The van der Waals surface area contributed by atoms with Crippen LogP contribution in [0.2, 0.25) is 0 Å². The molecule has 2 N–H and O–H groups in total. The first-order valence-corrected chi connectivity index (χ1v) is 7.21. The second-order valence-electron chi connectivity index (χ2n) is 5.57. The van der Waals surface area contributed by atoms with Gasteiger partial charge in [-0.25, -0.2) is 0 Å². The van der Waals surface area contributed by atoms with Crippen LogP contribution in [0.4, 0.5) is 0 Å². The molecule has 0 radical (unpaired) electrons. The Morgan fingerprint density at radius 2 is 1.78 bits per heavy atom. The smallest absolute Gasteiger partial charge is 0.191 e. The third-order valence-electron chi connectivity index (χ3n) is 2.51. The van der Waals surface area contributed by atoms with Crippen molar-refractivity contribution < 1.29 is 0 Å². The fraction of sp³-hybridized carbons (Fsp3) is 0.929. The van der Waals surface area contributed by atoms with E-state index in [2.05, 4.69) is 62.1 Å². The molecule has 0 amide bonds. The van der Waals surface area contributed by atoms with Crippen LogP contribution in [-0.4, -0.2) is 49.1 Å². The van der Waals surface area contributed by atoms with Crippen molar-refractivity contribution in [3.8, 4) is 0 Å². The summed E-state index contributed by atoms with van der Waals surface area (Å²) in [6.07, 6.45) is 1.21. The summed E-state index contributed by atoms with van der Waals surface area (Å²) in [5.74, 6) is 0.914. The number of rotatable bonds is 7. The SMILES string of the molecule is CCCN(CC)CCN=C(NCC)NC(C)(C)C. The van der Waals surface area contributed by atoms with E-state index in [1.807, 2.05) is 0 Å². The summed E-state index contributed by atoms with van der Waals surface area (Å²) >= 11 is 0. The molecular formula is C14H32N4. The minimum atomic E-state index is 0.0505. The van der Waals surface area contributed by atoms with Crippen LogP contribution in [0.1, 0.15) is 48.0 Å². The van der Waals surface area contributed by atoms with E-state index in [0.29, 0.717) is 0 Å². The van der Waals surface area contributed by atoms with Gasteiger partial charge in [0.05, 0.1) is 6.54 Å². The summed E-state index contributed by atoms with van der Waals surface area (Å²) in [6.45, 7) is 18.0. The molecule has 0 aliphatic carbocycles. The van der Waals surface area contributed by atoms with Crippen LogP contribution in [0, 0.1) is 0 Å². The molecule has 4 nitrogen and oxygen atoms in total. The van der Waals surface area contributed by atoms with E-state index >= 15 is 0 Å². The van der Waals surface area contributed by atoms with Crippen molar-refractivity contribution in [2.24, 2.45) is 4.99 Å². The largest absolute Gasteiger partial charge is 0.357 e. The first kappa shape index (κ1) is 17.2. The van der Waals surface area contributed by atoms with Crippen molar-refractivity contribution in [1.82, 2.24) is 15.5 Å². The number of nitrogens with zero attached hydrogens (tertiary/aromatic N) is 2. The lowest BCUT2D eigenvalue weighted by Crippen LogP contribution is -2.47. The highest BCUT2D eigenvalue weighted by molar-refractivity contribution is 5.80. The average Bonchev–Trinajstić information content (AvgIpc) is 2.26. The Bertz CT molecular complexity index is 230. The Labute approximate surface area is 113 Å². The van der Waals surface area contributed by atoms with Crippen LogP contribution in [0.25, 0.3) is 0 Å². The molecule has 0 heterocycles. The molecule has 0 atom stereocenters. The number of hydrogen-bond donors (Lipinski definition) is 2. The Morgan fingerprint density at radius 3 is 2.22 bits per heavy atom. The van der Waals surface area contributed by atoms with E-state index in [1.165, 1.54) is 6.42 Å². The lowest BCUT2D eigenvalue weighted by atomic mass is 10.1. The minimum absolute atomic E-state index is 0.0505. The molecule has 4 heteroatoms. The molecule has 0 saturated heterocycles. The minimum Gasteiger partial charge on any atom is -0.357 e. The van der Waals surface area contributed by atoms with Gasteiger partial charge in [-0.15, -0.1) is 0 Å². The lowest BCUT2D eigenvalue weighted by molar-refractivity contribution is 0.297. The van der Waals surface area contributed by atoms with Gasteiger partial charge in [0.25, 0.3) is 0 Å². The summed E-state index contributed by atoms with van der Waals surface area (Å²) in [6, 6.07) is 0. The first-order chi connectivity index (χ1) is 8.42. The molecule has 0 bridgehead atoms. The van der Waals surface area contributed by atoms with Crippen LogP contribution >= 0.6 is 0 Å². The van der Waals surface area contributed by atoms with E-state index in [1.54, 1.807) is 0 Å². The second kappa shape index (κ2) is 9.20. The van der Waals surface area contributed by atoms with Crippen molar-refractivity contribution >= 4 is 5.96 Å². The van der Waals surface area contributed by atoms with Crippen LogP contribution in [0.3, 0.4) is 0 Å². The molecule has 0 aromatic rings. The molecule has 0 aliphatic rings. The highest BCUT2D eigenvalue weighted by Gasteiger charge is 2.11. The maximum absolute atomic E-state index is 4.62. The zero-order valence-electron chi connectivity index (χ0n) is 13.1. The Morgan fingerprint density at radius 1 is 1.11 bits per heavy atom. The maximum Gasteiger partial charge on any atom is 0.191 e. The molecule has 108 valence electrons. The average molecular weight is 256 g/mol. The van der Waals surface area contributed by atoms with Crippen LogP contribution in [0.15, 0.2) is 4.99 Å². The summed E-state index contributed by atoms with van der Waals surface area (Å²) < 4.78 is 0. The van der Waals surface area contributed by atoms with Gasteiger partial charge >= 0.3 is 0 Å². The fourth-order valence-corrected chi connectivity index (χ4v) is 1.71. The molecule has 0 aromatic heterocycles. The summed E-state index contributed by atoms with van der Waals surface area (Å²) in [5.41, 5.74) is 0.0505. The van der Waals surface area contributed by atoms with Crippen molar-refractivity contribution in [2.45, 2.75) is 53.5 Å². The number of hydrogen-bond acceptors (Lipinski definition) is 2. The summed E-state index contributed by atoms with van der Waals surface area (Å²) in [4.78, 5) is 7.06. The van der Waals surface area contributed by atoms with E-state index in [-0.39, 0.29) is 5.54 Å². The van der Waals surface area contributed by atoms with Gasteiger partial charge in [-0.2, -0.15) is 0 Å². The molecule has 0 rings (SSSR count). The molecule has 0 spiro atoms. The van der Waals surface area contributed by atoms with Crippen LogP contribution in [0.5, 0.6) is 0 Å². The predicted molar refractivity (Wildman–Crippen MR) is 81.3 cm³/mol. The summed E-state index contributed by atoms with van der Waals surface area (Å²) in [7, 11) is 0. The number of nitrogens with one attached hydrogen (secondary N) is 2. The number of guanidine groups is 1. The van der Waals surface area contributed by atoms with Gasteiger partial charge in [0.15, 0.2) is 5.96 Å². The lowest BCUT2D eigenvalue weighted by Gasteiger charge is -2.24. The second-order valence-corrected chi connectivity index (χ2v) is 5.57. The normalized spacial score (nSPS) is 12.9. The molecule has 0 fully saturated rings. The third kappa shape index (κ3) is 9.28. The van der Waals surface area contributed by atoms with Gasteiger partial charge in [0.2, 0.25) is 0 Å².